The smallest absolute Gasteiger partial charge is 0.329 e. The molecule has 1 aromatic rings. The van der Waals surface area contributed by atoms with E-state index in [2.05, 4.69) is 4.98 Å². The number of aliphatic hydroxyl groups excluding tert-OH is 1. The van der Waals surface area contributed by atoms with E-state index in [1.54, 1.807) is 18.0 Å². The molecule has 0 bridgehead atoms. The summed E-state index contributed by atoms with van der Waals surface area (Å²) in [6.07, 6.45) is 5.59. The van der Waals surface area contributed by atoms with E-state index in [4.69, 9.17) is 4.74 Å². The van der Waals surface area contributed by atoms with Crippen molar-refractivity contribution in [1.82, 2.24) is 9.88 Å². The Bertz CT molecular complexity index is 814. The number of nitrogens with zero attached hydrogens (tertiary/aromatic N) is 3. The number of hydrogen-bond acceptors (Lipinski definition) is 6. The fraction of sp³-hybridized carbons (Fsp3) is 0.720. The van der Waals surface area contributed by atoms with E-state index < -0.39 is 35.5 Å². The third kappa shape index (κ3) is 4.63. The average Bonchev–Trinajstić information content (AvgIpc) is 3.07. The zero-order chi connectivity index (χ0) is 23.6. The molecule has 1 aliphatic heterocycles. The van der Waals surface area contributed by atoms with Crippen LogP contribution in [0, 0.1) is 17.3 Å². The minimum atomic E-state index is -0.917. The molecule has 1 N–H and O–H groups in total. The first kappa shape index (κ1) is 24.5. The van der Waals surface area contributed by atoms with Gasteiger partial charge in [-0.25, -0.2) is 9.78 Å². The molecule has 4 atom stereocenters. The fourth-order valence-electron chi connectivity index (χ4n) is 5.55. The summed E-state index contributed by atoms with van der Waals surface area (Å²) in [5.74, 6) is -0.390. The molecule has 7 heteroatoms. The highest BCUT2D eigenvalue weighted by atomic mass is 16.5. The Morgan fingerprint density at radius 1 is 1.22 bits per heavy atom. The summed E-state index contributed by atoms with van der Waals surface area (Å²) >= 11 is 0. The number of pyridine rings is 1. The van der Waals surface area contributed by atoms with Crippen LogP contribution in [0.3, 0.4) is 0 Å². The predicted octanol–water partition coefficient (Wildman–Crippen LogP) is 3.57. The third-order valence-electron chi connectivity index (χ3n) is 6.93. The molecule has 1 saturated heterocycles. The standard InChI is InChI=1S/C25H39N3O4/c1-7-32-24(31)20-18(25(2,3)4)21(29)19(17-14-11-15-26-22(17)27(5)6)28(20)23(30)16-12-9-8-10-13-16/h11,14-16,18-21,29H,7-10,12-13H2,1-6H3/t18-,19+,20+,21+/m0/s1. The van der Waals surface area contributed by atoms with Crippen molar-refractivity contribution in [2.45, 2.75) is 78.0 Å². The monoisotopic (exact) mass is 445 g/mol. The lowest BCUT2D eigenvalue weighted by Crippen LogP contribution is -2.49. The van der Waals surface area contributed by atoms with Crippen molar-refractivity contribution in [3.05, 3.63) is 23.9 Å². The van der Waals surface area contributed by atoms with Gasteiger partial charge in [-0.1, -0.05) is 46.1 Å². The van der Waals surface area contributed by atoms with Crippen molar-refractivity contribution < 1.29 is 19.4 Å². The number of esters is 1. The summed E-state index contributed by atoms with van der Waals surface area (Å²) in [4.78, 5) is 35.3. The van der Waals surface area contributed by atoms with Crippen LogP contribution in [-0.4, -0.2) is 59.7 Å². The van der Waals surface area contributed by atoms with E-state index in [0.717, 1.165) is 37.7 Å². The van der Waals surface area contributed by atoms with Gasteiger partial charge in [-0.15, -0.1) is 0 Å². The second-order valence-electron chi connectivity index (χ2n) is 10.4. The van der Waals surface area contributed by atoms with Crippen molar-refractivity contribution in [2.75, 3.05) is 25.6 Å². The van der Waals surface area contributed by atoms with Gasteiger partial charge in [-0.05, 0) is 31.2 Å². The fourth-order valence-corrected chi connectivity index (χ4v) is 5.55. The largest absolute Gasteiger partial charge is 0.464 e. The second-order valence-corrected chi connectivity index (χ2v) is 10.4. The molecule has 0 spiro atoms. The molecule has 1 amide bonds. The number of anilines is 1. The molecule has 0 radical (unpaired) electrons. The van der Waals surface area contributed by atoms with Crippen molar-refractivity contribution in [3.8, 4) is 0 Å². The number of likely N-dealkylation sites (tertiary alicyclic amines) is 1. The van der Waals surface area contributed by atoms with E-state index in [1.165, 1.54) is 0 Å². The molecular weight excluding hydrogens is 406 g/mol. The van der Waals surface area contributed by atoms with E-state index >= 15 is 0 Å². The molecule has 0 aromatic carbocycles. The van der Waals surface area contributed by atoms with Gasteiger partial charge in [0.15, 0.2) is 0 Å². The lowest BCUT2D eigenvalue weighted by Gasteiger charge is -2.36. The average molecular weight is 446 g/mol. The van der Waals surface area contributed by atoms with Gasteiger partial charge in [0.1, 0.15) is 11.9 Å². The third-order valence-corrected chi connectivity index (χ3v) is 6.93. The summed E-state index contributed by atoms with van der Waals surface area (Å²) in [5.41, 5.74) is 0.340. The second kappa shape index (κ2) is 9.77. The Labute approximate surface area is 192 Å². The number of carbonyl (C=O) groups excluding carboxylic acids is 2. The zero-order valence-electron chi connectivity index (χ0n) is 20.4. The Morgan fingerprint density at radius 2 is 1.88 bits per heavy atom. The molecule has 0 unspecified atom stereocenters. The van der Waals surface area contributed by atoms with Gasteiger partial charge < -0.3 is 19.6 Å². The van der Waals surface area contributed by atoms with E-state index in [9.17, 15) is 14.7 Å². The van der Waals surface area contributed by atoms with Gasteiger partial charge in [-0.2, -0.15) is 0 Å². The Balaban J connectivity index is 2.17. The van der Waals surface area contributed by atoms with Crippen molar-refractivity contribution >= 4 is 17.7 Å². The van der Waals surface area contributed by atoms with Gasteiger partial charge in [-0.3, -0.25) is 4.79 Å². The summed E-state index contributed by atoms with van der Waals surface area (Å²) in [6.45, 7) is 8.03. The minimum Gasteiger partial charge on any atom is -0.464 e. The van der Waals surface area contributed by atoms with Crippen LogP contribution in [0.5, 0.6) is 0 Å². The van der Waals surface area contributed by atoms with Crippen molar-refractivity contribution in [2.24, 2.45) is 17.3 Å². The Hall–Kier alpha value is -2.15. The van der Waals surface area contributed by atoms with Crippen LogP contribution in [0.15, 0.2) is 18.3 Å². The van der Waals surface area contributed by atoms with Crippen LogP contribution in [0.1, 0.15) is 71.4 Å². The van der Waals surface area contributed by atoms with Gasteiger partial charge >= 0.3 is 5.97 Å². The molecule has 1 aromatic heterocycles. The molecule has 2 aliphatic rings. The zero-order valence-corrected chi connectivity index (χ0v) is 20.4. The quantitative estimate of drug-likeness (QED) is 0.698. The topological polar surface area (TPSA) is 83.0 Å². The van der Waals surface area contributed by atoms with Gasteiger partial charge in [0, 0.05) is 37.7 Å². The highest BCUT2D eigenvalue weighted by Crippen LogP contribution is 2.50. The summed E-state index contributed by atoms with van der Waals surface area (Å²) < 4.78 is 5.46. The van der Waals surface area contributed by atoms with Crippen LogP contribution in [0.2, 0.25) is 0 Å². The van der Waals surface area contributed by atoms with Gasteiger partial charge in [0.25, 0.3) is 0 Å². The number of carbonyl (C=O) groups is 2. The molecule has 1 aliphatic carbocycles. The number of rotatable bonds is 5. The number of aromatic nitrogens is 1. The lowest BCUT2D eigenvalue weighted by molar-refractivity contribution is -0.158. The normalized spacial score (nSPS) is 26.8. The van der Waals surface area contributed by atoms with Gasteiger partial charge in [0.2, 0.25) is 5.91 Å². The maximum absolute atomic E-state index is 14.0. The van der Waals surface area contributed by atoms with Crippen LogP contribution < -0.4 is 4.90 Å². The Morgan fingerprint density at radius 3 is 2.44 bits per heavy atom. The summed E-state index contributed by atoms with van der Waals surface area (Å²) in [6, 6.07) is 2.24. The minimum absolute atomic E-state index is 0.0490. The van der Waals surface area contributed by atoms with Crippen LogP contribution in [0.25, 0.3) is 0 Å². The molecule has 178 valence electrons. The molecule has 7 nitrogen and oxygen atoms in total. The van der Waals surface area contributed by atoms with E-state index in [-0.39, 0.29) is 18.4 Å². The lowest BCUT2D eigenvalue weighted by atomic mass is 9.73. The molecule has 32 heavy (non-hydrogen) atoms. The first-order valence-corrected chi connectivity index (χ1v) is 11.9. The summed E-state index contributed by atoms with van der Waals surface area (Å²) in [5, 5.41) is 11.7. The van der Waals surface area contributed by atoms with Crippen molar-refractivity contribution in [1.29, 1.82) is 0 Å². The maximum Gasteiger partial charge on any atom is 0.329 e. The SMILES string of the molecule is CCOC(=O)[C@H]1[C@H](C(C)(C)C)[C@@H](O)[C@@H](c2cccnc2N(C)C)N1C(=O)C1CCCCC1. The van der Waals surface area contributed by atoms with E-state index in [1.807, 2.05) is 51.9 Å². The van der Waals surface area contributed by atoms with Crippen LogP contribution in [0.4, 0.5) is 5.82 Å². The van der Waals surface area contributed by atoms with Crippen LogP contribution in [-0.2, 0) is 14.3 Å². The number of amides is 1. The number of aliphatic hydroxyl groups is 1. The first-order chi connectivity index (χ1) is 15.1. The molecule has 2 fully saturated rings. The van der Waals surface area contributed by atoms with Crippen molar-refractivity contribution in [3.63, 3.8) is 0 Å². The highest BCUT2D eigenvalue weighted by molar-refractivity contribution is 5.88. The van der Waals surface area contributed by atoms with Gasteiger partial charge in [0.05, 0.1) is 18.8 Å². The summed E-state index contributed by atoms with van der Waals surface area (Å²) in [7, 11) is 3.79. The predicted molar refractivity (Wildman–Crippen MR) is 124 cm³/mol. The maximum atomic E-state index is 14.0. The number of ether oxygens (including phenoxy) is 1. The van der Waals surface area contributed by atoms with Crippen LogP contribution >= 0.6 is 0 Å². The molecular formula is C25H39N3O4. The number of hydrogen-bond donors (Lipinski definition) is 1. The Kier molecular flexibility index (Phi) is 7.48. The highest BCUT2D eigenvalue weighted by Gasteiger charge is 2.59. The molecule has 3 rings (SSSR count). The molecule has 2 heterocycles. The first-order valence-electron chi connectivity index (χ1n) is 11.9. The van der Waals surface area contributed by atoms with E-state index in [0.29, 0.717) is 5.82 Å². The molecule has 1 saturated carbocycles.